The van der Waals surface area contributed by atoms with Crippen molar-refractivity contribution in [1.29, 1.82) is 0 Å². The van der Waals surface area contributed by atoms with Gasteiger partial charge in [-0.2, -0.15) is 0 Å². The lowest BCUT2D eigenvalue weighted by molar-refractivity contribution is -0.0205. The molecule has 5 nitrogen and oxygen atoms in total. The van der Waals surface area contributed by atoms with Crippen LogP contribution in [0.4, 0.5) is 0 Å². The maximum atomic E-state index is 5.99. The lowest BCUT2D eigenvalue weighted by Gasteiger charge is -2.32. The van der Waals surface area contributed by atoms with Crippen molar-refractivity contribution in [3.63, 3.8) is 0 Å². The minimum atomic E-state index is 0.0397. The van der Waals surface area contributed by atoms with Gasteiger partial charge in [-0.25, -0.2) is 9.97 Å². The SMILES string of the molecule is Cc1cc(OC2COC3(CCNCC3)C2)ncn1. The molecule has 1 N–H and O–H groups in total. The molecule has 1 unspecified atom stereocenters. The molecule has 2 fully saturated rings. The number of aryl methyl sites for hydroxylation is 1. The molecule has 0 aromatic carbocycles. The van der Waals surface area contributed by atoms with Crippen molar-refractivity contribution in [2.24, 2.45) is 0 Å². The molecule has 98 valence electrons. The van der Waals surface area contributed by atoms with Gasteiger partial charge < -0.3 is 14.8 Å². The van der Waals surface area contributed by atoms with Crippen LogP contribution in [0.25, 0.3) is 0 Å². The molecule has 1 spiro atoms. The van der Waals surface area contributed by atoms with E-state index in [1.54, 1.807) is 6.33 Å². The zero-order valence-corrected chi connectivity index (χ0v) is 10.7. The summed E-state index contributed by atoms with van der Waals surface area (Å²) < 4.78 is 11.9. The second-order valence-electron chi connectivity index (χ2n) is 5.19. The van der Waals surface area contributed by atoms with Crippen molar-refractivity contribution < 1.29 is 9.47 Å². The number of rotatable bonds is 2. The van der Waals surface area contributed by atoms with E-state index in [2.05, 4.69) is 15.3 Å². The van der Waals surface area contributed by atoms with Crippen molar-refractivity contribution in [2.75, 3.05) is 19.7 Å². The van der Waals surface area contributed by atoms with E-state index in [0.717, 1.165) is 38.0 Å². The third-order valence-electron chi connectivity index (χ3n) is 3.76. The number of nitrogens with zero attached hydrogens (tertiary/aromatic N) is 2. The highest BCUT2D eigenvalue weighted by Crippen LogP contribution is 2.35. The Morgan fingerprint density at radius 2 is 2.22 bits per heavy atom. The summed E-state index contributed by atoms with van der Waals surface area (Å²) in [6.45, 7) is 4.69. The van der Waals surface area contributed by atoms with Crippen molar-refractivity contribution in [1.82, 2.24) is 15.3 Å². The van der Waals surface area contributed by atoms with Gasteiger partial charge in [0.05, 0.1) is 12.2 Å². The normalized spacial score (nSPS) is 26.4. The Morgan fingerprint density at radius 3 is 3.00 bits per heavy atom. The van der Waals surface area contributed by atoms with E-state index in [1.807, 2.05) is 13.0 Å². The smallest absolute Gasteiger partial charge is 0.216 e. The second-order valence-corrected chi connectivity index (χ2v) is 5.19. The van der Waals surface area contributed by atoms with E-state index < -0.39 is 0 Å². The van der Waals surface area contributed by atoms with Crippen molar-refractivity contribution in [2.45, 2.75) is 37.9 Å². The number of hydrogen-bond donors (Lipinski definition) is 1. The maximum Gasteiger partial charge on any atom is 0.216 e. The molecular formula is C13H19N3O2. The summed E-state index contributed by atoms with van der Waals surface area (Å²) in [5, 5.41) is 3.37. The van der Waals surface area contributed by atoms with Crippen LogP contribution in [0.1, 0.15) is 25.0 Å². The highest BCUT2D eigenvalue weighted by molar-refractivity contribution is 5.12. The van der Waals surface area contributed by atoms with Gasteiger partial charge >= 0.3 is 0 Å². The average molecular weight is 249 g/mol. The number of nitrogens with one attached hydrogen (secondary N) is 1. The summed E-state index contributed by atoms with van der Waals surface area (Å²) in [4.78, 5) is 8.20. The molecule has 2 saturated heterocycles. The van der Waals surface area contributed by atoms with E-state index in [4.69, 9.17) is 9.47 Å². The fraction of sp³-hybridized carbons (Fsp3) is 0.692. The molecule has 0 saturated carbocycles. The fourth-order valence-electron chi connectivity index (χ4n) is 2.77. The Kier molecular flexibility index (Phi) is 3.18. The summed E-state index contributed by atoms with van der Waals surface area (Å²) in [5.41, 5.74) is 0.966. The first-order valence-electron chi connectivity index (χ1n) is 6.56. The van der Waals surface area contributed by atoms with Crippen LogP contribution < -0.4 is 10.1 Å². The predicted octanol–water partition coefficient (Wildman–Crippen LogP) is 1.07. The van der Waals surface area contributed by atoms with Crippen LogP contribution in [-0.4, -0.2) is 41.4 Å². The molecule has 0 bridgehead atoms. The largest absolute Gasteiger partial charge is 0.472 e. The van der Waals surface area contributed by atoms with Gasteiger partial charge in [-0.15, -0.1) is 0 Å². The van der Waals surface area contributed by atoms with Crippen LogP contribution in [0.2, 0.25) is 0 Å². The molecule has 1 aromatic heterocycles. The first-order chi connectivity index (χ1) is 8.76. The first-order valence-corrected chi connectivity index (χ1v) is 6.56. The van der Waals surface area contributed by atoms with E-state index in [1.165, 1.54) is 0 Å². The topological polar surface area (TPSA) is 56.3 Å². The van der Waals surface area contributed by atoms with Gasteiger partial charge in [-0.3, -0.25) is 0 Å². The Morgan fingerprint density at radius 1 is 1.39 bits per heavy atom. The van der Waals surface area contributed by atoms with E-state index in [9.17, 15) is 0 Å². The van der Waals surface area contributed by atoms with Gasteiger partial charge in [0, 0.05) is 18.2 Å². The summed E-state index contributed by atoms with van der Waals surface area (Å²) in [6.07, 6.45) is 4.79. The molecule has 0 aliphatic carbocycles. The molecule has 3 rings (SSSR count). The lowest BCUT2D eigenvalue weighted by Crippen LogP contribution is -2.41. The molecular weight excluding hydrogens is 230 g/mol. The molecule has 0 amide bonds. The molecule has 1 atom stereocenters. The van der Waals surface area contributed by atoms with Crippen molar-refractivity contribution >= 4 is 0 Å². The van der Waals surface area contributed by atoms with Gasteiger partial charge in [0.2, 0.25) is 5.88 Å². The van der Waals surface area contributed by atoms with E-state index in [0.29, 0.717) is 12.5 Å². The summed E-state index contributed by atoms with van der Waals surface area (Å²) in [5.74, 6) is 0.655. The summed E-state index contributed by atoms with van der Waals surface area (Å²) in [7, 11) is 0. The Hall–Kier alpha value is -1.20. The number of aromatic nitrogens is 2. The molecule has 3 heterocycles. The molecule has 2 aliphatic heterocycles. The van der Waals surface area contributed by atoms with Crippen LogP contribution in [-0.2, 0) is 4.74 Å². The number of piperidine rings is 1. The van der Waals surface area contributed by atoms with Gasteiger partial charge in [0.15, 0.2) is 0 Å². The third-order valence-corrected chi connectivity index (χ3v) is 3.76. The second kappa shape index (κ2) is 4.82. The van der Waals surface area contributed by atoms with Gasteiger partial charge in [-0.1, -0.05) is 0 Å². The predicted molar refractivity (Wildman–Crippen MR) is 66.6 cm³/mol. The minimum Gasteiger partial charge on any atom is -0.472 e. The molecule has 2 aliphatic rings. The highest BCUT2D eigenvalue weighted by Gasteiger charge is 2.42. The quantitative estimate of drug-likeness (QED) is 0.850. The zero-order valence-electron chi connectivity index (χ0n) is 10.7. The zero-order chi connectivity index (χ0) is 12.4. The fourth-order valence-corrected chi connectivity index (χ4v) is 2.77. The van der Waals surface area contributed by atoms with Crippen molar-refractivity contribution in [3.05, 3.63) is 18.1 Å². The van der Waals surface area contributed by atoms with Gasteiger partial charge in [-0.05, 0) is 32.9 Å². The molecule has 0 radical (unpaired) electrons. The Labute approximate surface area is 107 Å². The van der Waals surface area contributed by atoms with Crippen LogP contribution in [0, 0.1) is 6.92 Å². The Bertz CT molecular complexity index is 418. The maximum absolute atomic E-state index is 5.99. The van der Waals surface area contributed by atoms with Crippen molar-refractivity contribution in [3.8, 4) is 5.88 Å². The average Bonchev–Trinajstić information content (AvgIpc) is 2.73. The molecule has 18 heavy (non-hydrogen) atoms. The van der Waals surface area contributed by atoms with E-state index in [-0.39, 0.29) is 11.7 Å². The van der Waals surface area contributed by atoms with Gasteiger partial charge in [0.1, 0.15) is 12.4 Å². The summed E-state index contributed by atoms with van der Waals surface area (Å²) >= 11 is 0. The Balaban J connectivity index is 1.62. The minimum absolute atomic E-state index is 0.0397. The van der Waals surface area contributed by atoms with Crippen LogP contribution in [0.3, 0.4) is 0 Å². The number of hydrogen-bond acceptors (Lipinski definition) is 5. The highest BCUT2D eigenvalue weighted by atomic mass is 16.6. The first kappa shape index (κ1) is 11.9. The summed E-state index contributed by atoms with van der Waals surface area (Å²) in [6, 6.07) is 1.87. The number of ether oxygens (including phenoxy) is 2. The standard InChI is InChI=1S/C13H19N3O2/c1-10-6-12(16-9-15-10)18-11-7-13(17-8-11)2-4-14-5-3-13/h6,9,11,14H,2-5,7-8H2,1H3. The molecule has 1 aromatic rings. The van der Waals surface area contributed by atoms with Crippen LogP contribution in [0.5, 0.6) is 5.88 Å². The van der Waals surface area contributed by atoms with Gasteiger partial charge in [0.25, 0.3) is 0 Å². The van der Waals surface area contributed by atoms with E-state index >= 15 is 0 Å². The van der Waals surface area contributed by atoms with Crippen LogP contribution >= 0.6 is 0 Å². The third kappa shape index (κ3) is 2.47. The molecule has 5 heteroatoms. The monoisotopic (exact) mass is 249 g/mol. The van der Waals surface area contributed by atoms with Crippen LogP contribution in [0.15, 0.2) is 12.4 Å². The lowest BCUT2D eigenvalue weighted by atomic mass is 9.89.